The Morgan fingerprint density at radius 1 is 1.38 bits per heavy atom. The van der Waals surface area contributed by atoms with Crippen molar-refractivity contribution in [1.29, 1.82) is 0 Å². The molecular formula is C14H18F2N2O3. The molecule has 0 fully saturated rings. The lowest BCUT2D eigenvalue weighted by Crippen LogP contribution is -2.43. The summed E-state index contributed by atoms with van der Waals surface area (Å²) in [7, 11) is 0. The zero-order valence-corrected chi connectivity index (χ0v) is 11.9. The van der Waals surface area contributed by atoms with Crippen molar-refractivity contribution in [2.24, 2.45) is 5.92 Å². The standard InChI is InChI=1S/C14H18F2N2O3/c1-3-18(8-9(2)13(19)20)14(21)17-7-10-6-11(15)4-5-12(10)16/h4-6,9H,3,7-8H2,1-2H3,(H,17,21)(H,19,20). The van der Waals surface area contributed by atoms with Crippen molar-refractivity contribution < 1.29 is 23.5 Å². The number of nitrogens with zero attached hydrogens (tertiary/aromatic N) is 1. The van der Waals surface area contributed by atoms with Gasteiger partial charge in [-0.25, -0.2) is 13.6 Å². The van der Waals surface area contributed by atoms with E-state index >= 15 is 0 Å². The summed E-state index contributed by atoms with van der Waals surface area (Å²) in [5, 5.41) is 11.3. The minimum absolute atomic E-state index is 0.0330. The molecule has 0 heterocycles. The molecule has 1 atom stereocenters. The van der Waals surface area contributed by atoms with Crippen LogP contribution in [0.1, 0.15) is 19.4 Å². The van der Waals surface area contributed by atoms with Gasteiger partial charge in [0.25, 0.3) is 0 Å². The first kappa shape index (κ1) is 16.9. The Balaban J connectivity index is 2.62. The van der Waals surface area contributed by atoms with E-state index in [2.05, 4.69) is 5.32 Å². The number of hydrogen-bond acceptors (Lipinski definition) is 2. The second kappa shape index (κ2) is 7.56. The largest absolute Gasteiger partial charge is 0.481 e. The Bertz CT molecular complexity index is 523. The Morgan fingerprint density at radius 3 is 2.62 bits per heavy atom. The Hall–Kier alpha value is -2.18. The molecule has 0 aromatic heterocycles. The van der Waals surface area contributed by atoms with Crippen molar-refractivity contribution in [3.63, 3.8) is 0 Å². The summed E-state index contributed by atoms with van der Waals surface area (Å²) in [4.78, 5) is 24.0. The van der Waals surface area contributed by atoms with E-state index in [9.17, 15) is 18.4 Å². The van der Waals surface area contributed by atoms with Crippen LogP contribution in [-0.4, -0.2) is 35.1 Å². The molecule has 1 aromatic rings. The molecule has 1 aromatic carbocycles. The molecule has 0 radical (unpaired) electrons. The molecule has 0 saturated heterocycles. The number of carboxylic acid groups (broad SMARTS) is 1. The maximum atomic E-state index is 13.4. The number of aliphatic carboxylic acids is 1. The zero-order chi connectivity index (χ0) is 16.0. The molecular weight excluding hydrogens is 282 g/mol. The van der Waals surface area contributed by atoms with Crippen LogP contribution in [0.2, 0.25) is 0 Å². The fourth-order valence-corrected chi connectivity index (χ4v) is 1.73. The first-order chi connectivity index (χ1) is 9.85. The van der Waals surface area contributed by atoms with E-state index in [0.29, 0.717) is 6.54 Å². The molecule has 0 aliphatic heterocycles. The summed E-state index contributed by atoms with van der Waals surface area (Å²) in [6, 6.07) is 2.47. The number of benzene rings is 1. The van der Waals surface area contributed by atoms with Crippen LogP contribution in [0.4, 0.5) is 13.6 Å². The van der Waals surface area contributed by atoms with Crippen molar-refractivity contribution in [1.82, 2.24) is 10.2 Å². The SMILES string of the molecule is CCN(CC(C)C(=O)O)C(=O)NCc1cc(F)ccc1F. The molecule has 0 saturated carbocycles. The van der Waals surface area contributed by atoms with Gasteiger partial charge in [-0.2, -0.15) is 0 Å². The molecule has 0 aliphatic carbocycles. The average molecular weight is 300 g/mol. The summed E-state index contributed by atoms with van der Waals surface area (Å²) in [6.45, 7) is 3.39. The average Bonchev–Trinajstić information content (AvgIpc) is 2.44. The fourth-order valence-electron chi connectivity index (χ4n) is 1.73. The number of hydrogen-bond donors (Lipinski definition) is 2. The minimum atomic E-state index is -1.00. The second-order valence-electron chi connectivity index (χ2n) is 4.67. The third-order valence-corrected chi connectivity index (χ3v) is 3.02. The second-order valence-corrected chi connectivity index (χ2v) is 4.67. The number of carboxylic acids is 1. The smallest absolute Gasteiger partial charge is 0.317 e. The molecule has 1 unspecified atom stereocenters. The van der Waals surface area contributed by atoms with E-state index < -0.39 is 29.6 Å². The zero-order valence-electron chi connectivity index (χ0n) is 11.9. The van der Waals surface area contributed by atoms with Crippen molar-refractivity contribution >= 4 is 12.0 Å². The molecule has 1 rings (SSSR count). The van der Waals surface area contributed by atoms with Gasteiger partial charge in [-0.1, -0.05) is 6.92 Å². The Labute approximate surface area is 121 Å². The first-order valence-electron chi connectivity index (χ1n) is 6.54. The topological polar surface area (TPSA) is 69.6 Å². The third kappa shape index (κ3) is 5.02. The van der Waals surface area contributed by atoms with Gasteiger partial charge in [-0.15, -0.1) is 0 Å². The molecule has 5 nitrogen and oxygen atoms in total. The number of rotatable bonds is 6. The van der Waals surface area contributed by atoms with Gasteiger partial charge in [0.2, 0.25) is 0 Å². The number of carbonyl (C=O) groups excluding carboxylic acids is 1. The number of nitrogens with one attached hydrogen (secondary N) is 1. The predicted molar refractivity (Wildman–Crippen MR) is 72.6 cm³/mol. The monoisotopic (exact) mass is 300 g/mol. The van der Waals surface area contributed by atoms with Gasteiger partial charge >= 0.3 is 12.0 Å². The van der Waals surface area contributed by atoms with Crippen molar-refractivity contribution in [2.75, 3.05) is 13.1 Å². The Morgan fingerprint density at radius 2 is 2.05 bits per heavy atom. The van der Waals surface area contributed by atoms with Gasteiger partial charge in [0.1, 0.15) is 11.6 Å². The number of carbonyl (C=O) groups is 2. The lowest BCUT2D eigenvalue weighted by molar-refractivity contribution is -0.141. The number of halogens is 2. The van der Waals surface area contributed by atoms with Crippen LogP contribution in [0, 0.1) is 17.6 Å². The maximum Gasteiger partial charge on any atom is 0.317 e. The normalized spacial score (nSPS) is 11.8. The van der Waals surface area contributed by atoms with Gasteiger partial charge in [0, 0.05) is 25.2 Å². The predicted octanol–water partition coefficient (Wildman–Crippen LogP) is 2.22. The van der Waals surface area contributed by atoms with Gasteiger partial charge < -0.3 is 15.3 Å². The highest BCUT2D eigenvalue weighted by Gasteiger charge is 2.19. The summed E-state index contributed by atoms with van der Waals surface area (Å²) in [5.74, 6) is -2.91. The third-order valence-electron chi connectivity index (χ3n) is 3.02. The molecule has 0 spiro atoms. The summed E-state index contributed by atoms with van der Waals surface area (Å²) in [5.41, 5.74) is 0.0330. The minimum Gasteiger partial charge on any atom is -0.481 e. The highest BCUT2D eigenvalue weighted by molar-refractivity contribution is 5.75. The van der Waals surface area contributed by atoms with E-state index in [1.807, 2.05) is 0 Å². The molecule has 116 valence electrons. The molecule has 2 amide bonds. The summed E-state index contributed by atoms with van der Waals surface area (Å²) in [6.07, 6.45) is 0. The van der Waals surface area contributed by atoms with Crippen LogP contribution in [0.5, 0.6) is 0 Å². The molecule has 2 N–H and O–H groups in total. The van der Waals surface area contributed by atoms with Crippen LogP contribution in [0.3, 0.4) is 0 Å². The first-order valence-corrected chi connectivity index (χ1v) is 6.54. The molecule has 0 bridgehead atoms. The highest BCUT2D eigenvalue weighted by Crippen LogP contribution is 2.09. The van der Waals surface area contributed by atoms with Crippen LogP contribution < -0.4 is 5.32 Å². The van der Waals surface area contributed by atoms with E-state index in [0.717, 1.165) is 18.2 Å². The van der Waals surface area contributed by atoms with E-state index in [1.165, 1.54) is 11.8 Å². The van der Waals surface area contributed by atoms with Gasteiger partial charge in [0.15, 0.2) is 0 Å². The molecule has 7 heteroatoms. The molecule has 21 heavy (non-hydrogen) atoms. The van der Waals surface area contributed by atoms with Gasteiger partial charge in [-0.3, -0.25) is 4.79 Å². The number of urea groups is 1. The van der Waals surface area contributed by atoms with Crippen molar-refractivity contribution in [2.45, 2.75) is 20.4 Å². The van der Waals surface area contributed by atoms with E-state index in [4.69, 9.17) is 5.11 Å². The Kier molecular flexibility index (Phi) is 6.08. The van der Waals surface area contributed by atoms with Crippen LogP contribution >= 0.6 is 0 Å². The van der Waals surface area contributed by atoms with Crippen molar-refractivity contribution in [3.05, 3.63) is 35.4 Å². The quantitative estimate of drug-likeness (QED) is 0.846. The molecule has 0 aliphatic rings. The van der Waals surface area contributed by atoms with E-state index in [-0.39, 0.29) is 18.7 Å². The van der Waals surface area contributed by atoms with Crippen LogP contribution in [-0.2, 0) is 11.3 Å². The fraction of sp³-hybridized carbons (Fsp3) is 0.429. The summed E-state index contributed by atoms with van der Waals surface area (Å²) >= 11 is 0. The van der Waals surface area contributed by atoms with E-state index in [1.54, 1.807) is 6.92 Å². The lowest BCUT2D eigenvalue weighted by Gasteiger charge is -2.23. The van der Waals surface area contributed by atoms with Crippen LogP contribution in [0.25, 0.3) is 0 Å². The van der Waals surface area contributed by atoms with Crippen LogP contribution in [0.15, 0.2) is 18.2 Å². The highest BCUT2D eigenvalue weighted by atomic mass is 19.1. The lowest BCUT2D eigenvalue weighted by atomic mass is 10.2. The maximum absolute atomic E-state index is 13.4. The van der Waals surface area contributed by atoms with Gasteiger partial charge in [0.05, 0.1) is 5.92 Å². The van der Waals surface area contributed by atoms with Crippen molar-refractivity contribution in [3.8, 4) is 0 Å². The number of amides is 2. The summed E-state index contributed by atoms with van der Waals surface area (Å²) < 4.78 is 26.4. The van der Waals surface area contributed by atoms with Gasteiger partial charge in [-0.05, 0) is 25.1 Å².